The Hall–Kier alpha value is -1.88. The van der Waals surface area contributed by atoms with Crippen LogP contribution < -0.4 is 10.5 Å². The summed E-state index contributed by atoms with van der Waals surface area (Å²) in [4.78, 5) is 4.20. The van der Waals surface area contributed by atoms with Gasteiger partial charge in [0.1, 0.15) is 12.4 Å². The van der Waals surface area contributed by atoms with Gasteiger partial charge >= 0.3 is 0 Å². The minimum absolute atomic E-state index is 0. The molecule has 0 atom stereocenters. The molecular formula is C14H17N3OS. The molecule has 1 aromatic heterocycles. The Balaban J connectivity index is 0.00000147. The van der Waals surface area contributed by atoms with Crippen LogP contribution in [0.5, 0.6) is 5.75 Å². The molecule has 3 N–H and O–H groups in total. The minimum atomic E-state index is 0. The van der Waals surface area contributed by atoms with Crippen LogP contribution in [0.15, 0.2) is 23.0 Å². The predicted molar refractivity (Wildman–Crippen MR) is 79.3 cm³/mol. The lowest BCUT2D eigenvalue weighted by Gasteiger charge is -2.13. The van der Waals surface area contributed by atoms with Crippen molar-refractivity contribution in [1.82, 2.24) is 4.98 Å². The number of benzene rings is 1. The number of nitrogen functional groups attached to an aromatic ring is 1. The van der Waals surface area contributed by atoms with Gasteiger partial charge in [-0.2, -0.15) is 0 Å². The Labute approximate surface area is 117 Å². The fourth-order valence-corrected chi connectivity index (χ4v) is 2.60. The highest BCUT2D eigenvalue weighted by atomic mass is 32.1. The van der Waals surface area contributed by atoms with Gasteiger partial charge in [0.15, 0.2) is 0 Å². The van der Waals surface area contributed by atoms with Gasteiger partial charge in [-0.3, -0.25) is 0 Å². The Morgan fingerprint density at radius 1 is 1.53 bits per heavy atom. The summed E-state index contributed by atoms with van der Waals surface area (Å²) in [6.07, 6.45) is 3.67. The zero-order valence-electron chi connectivity index (χ0n) is 10.4. The van der Waals surface area contributed by atoms with E-state index in [0.29, 0.717) is 18.2 Å². The summed E-state index contributed by atoms with van der Waals surface area (Å²) in [5, 5.41) is 9.35. The van der Waals surface area contributed by atoms with Crippen LogP contribution in [0.25, 0.3) is 0 Å². The second kappa shape index (κ2) is 5.01. The van der Waals surface area contributed by atoms with Crippen molar-refractivity contribution >= 4 is 23.2 Å². The molecule has 5 heteroatoms. The van der Waals surface area contributed by atoms with Gasteiger partial charge in [0.05, 0.1) is 11.2 Å². The first-order valence-electron chi connectivity index (χ1n) is 6.21. The van der Waals surface area contributed by atoms with E-state index in [9.17, 15) is 0 Å². The van der Waals surface area contributed by atoms with Gasteiger partial charge < -0.3 is 15.9 Å². The van der Waals surface area contributed by atoms with Crippen LogP contribution in [0.2, 0.25) is 0 Å². The zero-order chi connectivity index (χ0) is 13.2. The molecule has 100 valence electrons. The number of nitrogens with one attached hydrogen (secondary N) is 1. The largest absolute Gasteiger partial charge is 0.487 e. The monoisotopic (exact) mass is 275 g/mol. The highest BCUT2D eigenvalue weighted by Crippen LogP contribution is 2.45. The van der Waals surface area contributed by atoms with Gasteiger partial charge in [-0.15, -0.1) is 11.3 Å². The summed E-state index contributed by atoms with van der Waals surface area (Å²) in [7, 11) is 0. The van der Waals surface area contributed by atoms with Crippen LogP contribution in [0.3, 0.4) is 0 Å². The zero-order valence-corrected chi connectivity index (χ0v) is 11.2. The molecule has 0 aliphatic heterocycles. The summed E-state index contributed by atoms with van der Waals surface area (Å²) in [6.45, 7) is 0.465. The molecule has 1 aliphatic rings. The predicted octanol–water partition coefficient (Wildman–Crippen LogP) is 3.43. The third-order valence-corrected chi connectivity index (χ3v) is 3.88. The van der Waals surface area contributed by atoms with Gasteiger partial charge in [0.25, 0.3) is 0 Å². The van der Waals surface area contributed by atoms with Gasteiger partial charge in [0.2, 0.25) is 0 Å². The molecule has 4 nitrogen and oxygen atoms in total. The molecule has 1 fully saturated rings. The van der Waals surface area contributed by atoms with Crippen molar-refractivity contribution in [1.29, 1.82) is 5.41 Å². The van der Waals surface area contributed by atoms with Gasteiger partial charge in [-0.1, -0.05) is 0 Å². The van der Waals surface area contributed by atoms with E-state index in [-0.39, 0.29) is 1.43 Å². The number of ether oxygens (including phenoxy) is 1. The summed E-state index contributed by atoms with van der Waals surface area (Å²) >= 11 is 1.56. The smallest absolute Gasteiger partial charge is 0.131 e. The van der Waals surface area contributed by atoms with Crippen molar-refractivity contribution in [2.24, 2.45) is 0 Å². The summed E-state index contributed by atoms with van der Waals surface area (Å²) in [6, 6.07) is 3.82. The lowest BCUT2D eigenvalue weighted by atomic mass is 10.0. The maximum absolute atomic E-state index is 7.37. The molecule has 2 aromatic rings. The van der Waals surface area contributed by atoms with Gasteiger partial charge in [0, 0.05) is 30.3 Å². The molecule has 0 saturated heterocycles. The minimum Gasteiger partial charge on any atom is -0.487 e. The Morgan fingerprint density at radius 2 is 2.37 bits per heavy atom. The molecule has 3 rings (SSSR count). The van der Waals surface area contributed by atoms with E-state index >= 15 is 0 Å². The van der Waals surface area contributed by atoms with E-state index in [4.69, 9.17) is 15.9 Å². The normalized spacial score (nSPS) is 14.3. The van der Waals surface area contributed by atoms with Crippen LogP contribution in [-0.4, -0.2) is 11.2 Å². The first-order chi connectivity index (χ1) is 9.28. The van der Waals surface area contributed by atoms with Crippen molar-refractivity contribution < 1.29 is 6.16 Å². The number of hydrogen-bond donors (Lipinski definition) is 2. The van der Waals surface area contributed by atoms with E-state index in [2.05, 4.69) is 4.98 Å². The Kier molecular flexibility index (Phi) is 3.21. The number of hydrogen-bond acceptors (Lipinski definition) is 5. The van der Waals surface area contributed by atoms with Crippen molar-refractivity contribution in [2.45, 2.75) is 25.4 Å². The SMILES string of the molecule is N=Cc1cc(C2CC2)c(OCc2cscn2)cc1N.[HH]. The molecule has 0 amide bonds. The van der Waals surface area contributed by atoms with Crippen LogP contribution in [-0.2, 0) is 6.61 Å². The third kappa shape index (κ3) is 2.61. The molecule has 0 radical (unpaired) electrons. The lowest BCUT2D eigenvalue weighted by molar-refractivity contribution is 0.299. The molecule has 1 aromatic carbocycles. The van der Waals surface area contributed by atoms with Crippen LogP contribution in [0, 0.1) is 5.41 Å². The number of anilines is 1. The first kappa shape index (κ1) is 12.2. The topological polar surface area (TPSA) is 72.0 Å². The van der Waals surface area contributed by atoms with Crippen molar-refractivity contribution in [3.63, 3.8) is 0 Å². The molecule has 0 bridgehead atoms. The van der Waals surface area contributed by atoms with E-state index in [0.717, 1.165) is 17.0 Å². The number of aromatic nitrogens is 1. The van der Waals surface area contributed by atoms with Crippen molar-refractivity contribution in [3.05, 3.63) is 39.8 Å². The highest BCUT2D eigenvalue weighted by molar-refractivity contribution is 7.07. The van der Waals surface area contributed by atoms with Crippen LogP contribution >= 0.6 is 11.3 Å². The van der Waals surface area contributed by atoms with E-state index < -0.39 is 0 Å². The van der Waals surface area contributed by atoms with Crippen LogP contribution in [0.1, 0.15) is 37.0 Å². The fraction of sp³-hybridized carbons (Fsp3) is 0.286. The third-order valence-electron chi connectivity index (χ3n) is 3.25. The average Bonchev–Trinajstić information content (AvgIpc) is 3.13. The van der Waals surface area contributed by atoms with E-state index in [1.807, 2.05) is 17.5 Å². The summed E-state index contributed by atoms with van der Waals surface area (Å²) in [5.41, 5.74) is 11.2. The highest BCUT2D eigenvalue weighted by Gasteiger charge is 2.27. The lowest BCUT2D eigenvalue weighted by Crippen LogP contribution is -2.02. The molecular weight excluding hydrogens is 258 g/mol. The Bertz CT molecular complexity index is 597. The van der Waals surface area contributed by atoms with Gasteiger partial charge in [-0.25, -0.2) is 4.98 Å². The first-order valence-corrected chi connectivity index (χ1v) is 7.16. The molecule has 0 unspecified atom stereocenters. The number of rotatable bonds is 5. The molecule has 1 saturated carbocycles. The number of nitrogens with two attached hydrogens (primary N) is 1. The van der Waals surface area contributed by atoms with E-state index in [1.165, 1.54) is 24.6 Å². The molecule has 0 spiro atoms. The number of thiazole rings is 1. The second-order valence-corrected chi connectivity index (χ2v) is 5.42. The number of nitrogens with zero attached hydrogens (tertiary/aromatic N) is 1. The van der Waals surface area contributed by atoms with E-state index in [1.54, 1.807) is 16.8 Å². The maximum atomic E-state index is 7.37. The standard InChI is InChI=1S/C14H15N3OS.H2/c15-5-10-3-12(9-1-2-9)14(4-13(10)16)18-6-11-7-19-8-17-11;/h3-5,7-9,15H,1-2,6,16H2;1H. The summed E-state index contributed by atoms with van der Waals surface area (Å²) < 4.78 is 5.85. The van der Waals surface area contributed by atoms with Gasteiger partial charge in [-0.05, 0) is 30.4 Å². The summed E-state index contributed by atoms with van der Waals surface area (Å²) in [5.74, 6) is 1.39. The second-order valence-electron chi connectivity index (χ2n) is 4.71. The van der Waals surface area contributed by atoms with Crippen LogP contribution in [0.4, 0.5) is 5.69 Å². The van der Waals surface area contributed by atoms with Crippen molar-refractivity contribution in [3.8, 4) is 5.75 Å². The van der Waals surface area contributed by atoms with Crippen molar-refractivity contribution in [2.75, 3.05) is 5.73 Å². The molecule has 1 heterocycles. The quantitative estimate of drug-likeness (QED) is 0.648. The maximum Gasteiger partial charge on any atom is 0.131 e. The molecule has 19 heavy (non-hydrogen) atoms. The Morgan fingerprint density at radius 3 is 3.00 bits per heavy atom. The molecule has 1 aliphatic carbocycles. The fourth-order valence-electron chi connectivity index (χ4n) is 2.05. The average molecular weight is 275 g/mol.